The summed E-state index contributed by atoms with van der Waals surface area (Å²) in [6.07, 6.45) is 2.83. The fraction of sp³-hybridized carbons (Fsp3) is 0.167. The van der Waals surface area contributed by atoms with E-state index in [0.717, 1.165) is 22.9 Å². The molecule has 3 rings (SSSR count). The molecule has 1 atom stereocenters. The zero-order chi connectivity index (χ0) is 14.8. The van der Waals surface area contributed by atoms with Crippen LogP contribution in [0.5, 0.6) is 0 Å². The first-order valence-electron chi connectivity index (χ1n) is 7.08. The molecule has 0 bridgehead atoms. The van der Waals surface area contributed by atoms with E-state index in [0.29, 0.717) is 0 Å². The fourth-order valence-electron chi connectivity index (χ4n) is 2.72. The molecular weight excluding hydrogens is 262 g/mol. The zero-order valence-electron chi connectivity index (χ0n) is 11.9. The van der Waals surface area contributed by atoms with E-state index < -0.39 is 12.0 Å². The molecule has 1 heterocycles. The molecule has 106 valence electrons. The topological polar surface area (TPSA) is 42.2 Å². The van der Waals surface area contributed by atoms with Crippen LogP contribution in [0, 0.1) is 0 Å². The van der Waals surface area contributed by atoms with Crippen molar-refractivity contribution in [1.29, 1.82) is 0 Å². The van der Waals surface area contributed by atoms with E-state index in [9.17, 15) is 9.90 Å². The van der Waals surface area contributed by atoms with Crippen molar-refractivity contribution < 1.29 is 9.90 Å². The van der Waals surface area contributed by atoms with Crippen LogP contribution >= 0.6 is 0 Å². The molecule has 0 aliphatic rings. The van der Waals surface area contributed by atoms with Crippen LogP contribution < -0.4 is 0 Å². The molecule has 0 amide bonds. The molecule has 3 aromatic rings. The monoisotopic (exact) mass is 279 g/mol. The van der Waals surface area contributed by atoms with Crippen LogP contribution in [0.2, 0.25) is 0 Å². The zero-order valence-corrected chi connectivity index (χ0v) is 11.9. The van der Waals surface area contributed by atoms with Gasteiger partial charge >= 0.3 is 5.97 Å². The van der Waals surface area contributed by atoms with Gasteiger partial charge in [0.25, 0.3) is 0 Å². The minimum absolute atomic E-state index is 0.698. The van der Waals surface area contributed by atoms with Gasteiger partial charge in [0.2, 0.25) is 0 Å². The van der Waals surface area contributed by atoms with E-state index in [4.69, 9.17) is 0 Å². The lowest BCUT2D eigenvalue weighted by Gasteiger charge is -2.16. The number of carbonyl (C=O) groups is 1. The van der Waals surface area contributed by atoms with Gasteiger partial charge in [0, 0.05) is 11.7 Å². The Morgan fingerprint density at radius 3 is 2.57 bits per heavy atom. The number of carboxylic acids is 1. The number of fused-ring (bicyclic) bond motifs is 1. The lowest BCUT2D eigenvalue weighted by Crippen LogP contribution is -2.19. The third kappa shape index (κ3) is 2.42. The normalized spacial score (nSPS) is 12.4. The van der Waals surface area contributed by atoms with Crippen LogP contribution in [-0.2, 0) is 11.2 Å². The third-order valence-electron chi connectivity index (χ3n) is 3.82. The van der Waals surface area contributed by atoms with Crippen LogP contribution in [0.15, 0.2) is 60.8 Å². The van der Waals surface area contributed by atoms with E-state index in [-0.39, 0.29) is 0 Å². The second-order valence-corrected chi connectivity index (χ2v) is 5.12. The van der Waals surface area contributed by atoms with Crippen molar-refractivity contribution in [1.82, 2.24) is 4.57 Å². The summed E-state index contributed by atoms with van der Waals surface area (Å²) in [4.78, 5) is 11.7. The van der Waals surface area contributed by atoms with Gasteiger partial charge in [0.05, 0.1) is 0 Å². The average Bonchev–Trinajstić information content (AvgIpc) is 2.91. The molecule has 0 saturated heterocycles. The van der Waals surface area contributed by atoms with Crippen molar-refractivity contribution in [3.63, 3.8) is 0 Å². The van der Waals surface area contributed by atoms with Crippen molar-refractivity contribution in [3.05, 3.63) is 71.9 Å². The molecule has 3 nitrogen and oxygen atoms in total. The van der Waals surface area contributed by atoms with E-state index in [2.05, 4.69) is 19.1 Å². The number of nitrogens with zero attached hydrogens (tertiary/aromatic N) is 1. The minimum atomic E-state index is -0.849. The first-order chi connectivity index (χ1) is 10.2. The average molecular weight is 279 g/mol. The van der Waals surface area contributed by atoms with E-state index in [1.165, 1.54) is 5.56 Å². The van der Waals surface area contributed by atoms with E-state index in [1.54, 1.807) is 0 Å². The Morgan fingerprint density at radius 1 is 1.14 bits per heavy atom. The lowest BCUT2D eigenvalue weighted by atomic mass is 10.1. The summed E-state index contributed by atoms with van der Waals surface area (Å²) in [6.45, 7) is 2.11. The molecule has 3 heteroatoms. The van der Waals surface area contributed by atoms with Crippen LogP contribution in [0.1, 0.15) is 24.1 Å². The predicted octanol–water partition coefficient (Wildman–Crippen LogP) is 3.88. The summed E-state index contributed by atoms with van der Waals surface area (Å²) < 4.78 is 1.83. The molecule has 1 aromatic heterocycles. The predicted molar refractivity (Wildman–Crippen MR) is 83.5 cm³/mol. The first-order valence-corrected chi connectivity index (χ1v) is 7.08. The summed E-state index contributed by atoms with van der Waals surface area (Å²) in [5.41, 5.74) is 2.98. The third-order valence-corrected chi connectivity index (χ3v) is 3.82. The highest BCUT2D eigenvalue weighted by Crippen LogP contribution is 2.26. The Bertz CT molecular complexity index is 774. The lowest BCUT2D eigenvalue weighted by molar-refractivity contribution is -0.139. The Labute approximate surface area is 123 Å². The van der Waals surface area contributed by atoms with Crippen LogP contribution in [0.3, 0.4) is 0 Å². The highest BCUT2D eigenvalue weighted by atomic mass is 16.4. The molecule has 0 spiro atoms. The highest BCUT2D eigenvalue weighted by Gasteiger charge is 2.22. The molecule has 0 saturated carbocycles. The van der Waals surface area contributed by atoms with Crippen LogP contribution in [0.4, 0.5) is 0 Å². The summed E-state index contributed by atoms with van der Waals surface area (Å²) in [6, 6.07) is 16.8. The molecule has 21 heavy (non-hydrogen) atoms. The maximum Gasteiger partial charge on any atom is 0.331 e. The molecule has 0 aliphatic carbocycles. The largest absolute Gasteiger partial charge is 0.479 e. The molecule has 0 radical (unpaired) electrons. The van der Waals surface area contributed by atoms with Crippen molar-refractivity contribution in [3.8, 4) is 0 Å². The van der Waals surface area contributed by atoms with E-state index >= 15 is 0 Å². The van der Waals surface area contributed by atoms with Crippen molar-refractivity contribution in [2.24, 2.45) is 0 Å². The molecule has 0 aliphatic heterocycles. The van der Waals surface area contributed by atoms with Crippen LogP contribution in [0.25, 0.3) is 10.9 Å². The SMILES string of the molecule is CCc1ccc2c(ccn2C(C(=O)O)c2ccccc2)c1. The van der Waals surface area contributed by atoms with Gasteiger partial charge in [-0.1, -0.05) is 43.3 Å². The number of aromatic nitrogens is 1. The quantitative estimate of drug-likeness (QED) is 0.787. The summed E-state index contributed by atoms with van der Waals surface area (Å²) >= 11 is 0. The van der Waals surface area contributed by atoms with Gasteiger partial charge in [0.1, 0.15) is 0 Å². The Morgan fingerprint density at radius 2 is 1.90 bits per heavy atom. The van der Waals surface area contributed by atoms with Gasteiger partial charge in [-0.3, -0.25) is 0 Å². The van der Waals surface area contributed by atoms with Gasteiger partial charge in [-0.25, -0.2) is 4.79 Å². The number of hydrogen-bond donors (Lipinski definition) is 1. The number of aryl methyl sites for hydroxylation is 1. The van der Waals surface area contributed by atoms with Gasteiger partial charge in [-0.2, -0.15) is 0 Å². The maximum atomic E-state index is 11.7. The van der Waals surface area contributed by atoms with Gasteiger partial charge < -0.3 is 9.67 Å². The second-order valence-electron chi connectivity index (χ2n) is 5.12. The summed E-state index contributed by atoms with van der Waals surface area (Å²) in [5.74, 6) is -0.849. The fourth-order valence-corrected chi connectivity index (χ4v) is 2.72. The standard InChI is InChI=1S/C18H17NO2/c1-2-13-8-9-16-15(12-13)10-11-19(16)17(18(20)21)14-6-4-3-5-7-14/h3-12,17H,2H2,1H3,(H,20,21). The number of benzene rings is 2. The van der Waals surface area contributed by atoms with Crippen molar-refractivity contribution in [2.75, 3.05) is 0 Å². The Balaban J connectivity index is 2.15. The number of hydrogen-bond acceptors (Lipinski definition) is 1. The van der Waals surface area contributed by atoms with E-state index in [1.807, 2.05) is 53.2 Å². The van der Waals surface area contributed by atoms with Crippen LogP contribution in [-0.4, -0.2) is 15.6 Å². The minimum Gasteiger partial charge on any atom is -0.479 e. The summed E-state index contributed by atoms with van der Waals surface area (Å²) in [7, 11) is 0. The number of aliphatic carboxylic acids is 1. The van der Waals surface area contributed by atoms with Crippen molar-refractivity contribution >= 4 is 16.9 Å². The smallest absolute Gasteiger partial charge is 0.331 e. The number of rotatable bonds is 4. The molecule has 1 unspecified atom stereocenters. The van der Waals surface area contributed by atoms with Gasteiger partial charge in [-0.15, -0.1) is 0 Å². The van der Waals surface area contributed by atoms with Gasteiger partial charge in [-0.05, 0) is 41.1 Å². The van der Waals surface area contributed by atoms with Gasteiger partial charge in [0.15, 0.2) is 6.04 Å². The highest BCUT2D eigenvalue weighted by molar-refractivity contribution is 5.85. The second kappa shape index (κ2) is 5.44. The van der Waals surface area contributed by atoms with Crippen molar-refractivity contribution in [2.45, 2.75) is 19.4 Å². The molecular formula is C18H17NO2. The maximum absolute atomic E-state index is 11.7. The molecule has 1 N–H and O–H groups in total. The number of carboxylic acid groups (broad SMARTS) is 1. The Kier molecular flexibility index (Phi) is 3.48. The molecule has 2 aromatic carbocycles. The molecule has 0 fully saturated rings. The summed E-state index contributed by atoms with van der Waals surface area (Å²) in [5, 5.41) is 10.7. The first kappa shape index (κ1) is 13.4. The Hall–Kier alpha value is -2.55.